The number of nitrogens with one attached hydrogen (secondary N) is 1. The molecule has 0 fully saturated rings. The van der Waals surface area contributed by atoms with Gasteiger partial charge in [-0.1, -0.05) is 53.6 Å². The molecule has 3 aromatic rings. The van der Waals surface area contributed by atoms with Crippen molar-refractivity contribution in [2.24, 2.45) is 0 Å². The summed E-state index contributed by atoms with van der Waals surface area (Å²) in [5.74, 6) is 1.20. The first kappa shape index (κ1) is 20.4. The Kier molecular flexibility index (Phi) is 6.05. The van der Waals surface area contributed by atoms with Gasteiger partial charge < -0.3 is 14.8 Å². The number of hydrogen-bond acceptors (Lipinski definition) is 3. The van der Waals surface area contributed by atoms with Crippen LogP contribution in [0.5, 0.6) is 11.5 Å². The molecule has 3 aromatic carbocycles. The molecule has 0 radical (unpaired) electrons. The van der Waals surface area contributed by atoms with Crippen molar-refractivity contribution in [1.82, 2.24) is 5.32 Å². The average molecular weight is 406 g/mol. The van der Waals surface area contributed by atoms with Crippen molar-refractivity contribution < 1.29 is 13.9 Å². The van der Waals surface area contributed by atoms with E-state index in [1.807, 2.05) is 6.07 Å². The molecular formula is C26H28FNO2. The molecule has 0 saturated heterocycles. The summed E-state index contributed by atoms with van der Waals surface area (Å²) >= 11 is 0. The minimum Gasteiger partial charge on any atom is -0.494 e. The second-order valence-corrected chi connectivity index (χ2v) is 8.09. The van der Waals surface area contributed by atoms with E-state index in [1.165, 1.54) is 35.4 Å². The zero-order valence-electron chi connectivity index (χ0n) is 17.7. The first-order valence-corrected chi connectivity index (χ1v) is 10.4. The van der Waals surface area contributed by atoms with Crippen LogP contribution in [-0.2, 0) is 6.54 Å². The summed E-state index contributed by atoms with van der Waals surface area (Å²) in [6.45, 7) is 5.65. The monoisotopic (exact) mass is 405 g/mol. The van der Waals surface area contributed by atoms with Crippen LogP contribution in [0.4, 0.5) is 4.39 Å². The highest BCUT2D eigenvalue weighted by molar-refractivity contribution is 5.45. The number of rotatable bonds is 6. The largest absolute Gasteiger partial charge is 0.494 e. The second-order valence-electron chi connectivity index (χ2n) is 8.09. The minimum absolute atomic E-state index is 0.0630. The molecule has 0 bridgehead atoms. The number of benzene rings is 3. The van der Waals surface area contributed by atoms with E-state index in [4.69, 9.17) is 9.47 Å². The fourth-order valence-electron chi connectivity index (χ4n) is 4.34. The summed E-state index contributed by atoms with van der Waals surface area (Å²) in [5.41, 5.74) is 6.15. The van der Waals surface area contributed by atoms with Gasteiger partial charge in [0.15, 0.2) is 11.6 Å². The van der Waals surface area contributed by atoms with Crippen LogP contribution in [0.25, 0.3) is 0 Å². The van der Waals surface area contributed by atoms with Gasteiger partial charge in [-0.25, -0.2) is 4.39 Å². The minimum atomic E-state index is -0.343. The molecule has 0 spiro atoms. The van der Waals surface area contributed by atoms with E-state index in [9.17, 15) is 4.39 Å². The molecule has 4 heteroatoms. The lowest BCUT2D eigenvalue weighted by molar-refractivity contribution is 0.162. The Labute approximate surface area is 177 Å². The Morgan fingerprint density at radius 1 is 1.03 bits per heavy atom. The van der Waals surface area contributed by atoms with E-state index in [-0.39, 0.29) is 17.7 Å². The quantitative estimate of drug-likeness (QED) is 0.585. The molecule has 0 amide bonds. The first-order valence-electron chi connectivity index (χ1n) is 10.4. The molecule has 1 aliphatic heterocycles. The maximum Gasteiger partial charge on any atom is 0.165 e. The van der Waals surface area contributed by atoms with E-state index < -0.39 is 0 Å². The fourth-order valence-corrected chi connectivity index (χ4v) is 4.34. The molecule has 1 aliphatic rings. The molecule has 0 aromatic heterocycles. The number of methoxy groups -OCH3 is 1. The number of ether oxygens (including phenoxy) is 2. The number of aryl methyl sites for hydroxylation is 2. The van der Waals surface area contributed by atoms with Gasteiger partial charge in [0.2, 0.25) is 0 Å². The zero-order chi connectivity index (χ0) is 21.1. The smallest absolute Gasteiger partial charge is 0.165 e. The second kappa shape index (κ2) is 8.88. The number of halogens is 1. The maximum absolute atomic E-state index is 13.6. The lowest BCUT2D eigenvalue weighted by Crippen LogP contribution is -2.35. The third kappa shape index (κ3) is 4.49. The van der Waals surface area contributed by atoms with Crippen LogP contribution in [-0.4, -0.2) is 19.8 Å². The normalized spacial score (nSPS) is 17.9. The lowest BCUT2D eigenvalue weighted by atomic mass is 9.83. The Morgan fingerprint density at radius 2 is 1.80 bits per heavy atom. The first-order chi connectivity index (χ1) is 14.5. The van der Waals surface area contributed by atoms with Gasteiger partial charge in [0, 0.05) is 24.6 Å². The molecule has 156 valence electrons. The highest BCUT2D eigenvalue weighted by Crippen LogP contribution is 2.40. The van der Waals surface area contributed by atoms with Crippen LogP contribution < -0.4 is 14.8 Å². The van der Waals surface area contributed by atoms with E-state index in [0.717, 1.165) is 24.3 Å². The van der Waals surface area contributed by atoms with E-state index in [2.05, 4.69) is 55.6 Å². The van der Waals surface area contributed by atoms with Gasteiger partial charge >= 0.3 is 0 Å². The predicted octanol–water partition coefficient (Wildman–Crippen LogP) is 5.52. The summed E-state index contributed by atoms with van der Waals surface area (Å²) in [5, 5.41) is 3.46. The van der Waals surface area contributed by atoms with Crippen molar-refractivity contribution in [1.29, 1.82) is 0 Å². The van der Waals surface area contributed by atoms with Crippen molar-refractivity contribution in [3.8, 4) is 11.5 Å². The molecule has 1 N–H and O–H groups in total. The van der Waals surface area contributed by atoms with Crippen molar-refractivity contribution in [2.75, 3.05) is 13.7 Å². The summed E-state index contributed by atoms with van der Waals surface area (Å²) in [6, 6.07) is 20.1. The van der Waals surface area contributed by atoms with Crippen LogP contribution >= 0.6 is 0 Å². The summed E-state index contributed by atoms with van der Waals surface area (Å²) < 4.78 is 25.0. The Balaban J connectivity index is 1.49. The summed E-state index contributed by atoms with van der Waals surface area (Å²) in [7, 11) is 1.48. The number of fused-ring (bicyclic) bond motifs is 1. The Hall–Kier alpha value is -2.85. The molecule has 30 heavy (non-hydrogen) atoms. The van der Waals surface area contributed by atoms with Crippen LogP contribution in [0.1, 0.15) is 40.2 Å². The van der Waals surface area contributed by atoms with Gasteiger partial charge in [0.25, 0.3) is 0 Å². The zero-order valence-corrected chi connectivity index (χ0v) is 17.7. The average Bonchev–Trinajstić information content (AvgIpc) is 2.73. The van der Waals surface area contributed by atoms with Crippen LogP contribution in [0.2, 0.25) is 0 Å². The van der Waals surface area contributed by atoms with Gasteiger partial charge in [-0.2, -0.15) is 0 Å². The predicted molar refractivity (Wildman–Crippen MR) is 118 cm³/mol. The van der Waals surface area contributed by atoms with Crippen LogP contribution in [0, 0.1) is 19.7 Å². The molecule has 3 nitrogen and oxygen atoms in total. The van der Waals surface area contributed by atoms with Crippen LogP contribution in [0.3, 0.4) is 0 Å². The highest BCUT2D eigenvalue weighted by Gasteiger charge is 2.29. The van der Waals surface area contributed by atoms with Gasteiger partial charge in [0.1, 0.15) is 11.9 Å². The van der Waals surface area contributed by atoms with Crippen molar-refractivity contribution in [3.05, 3.63) is 94.3 Å². The van der Waals surface area contributed by atoms with E-state index in [1.54, 1.807) is 12.1 Å². The number of para-hydroxylation sites is 1. The Morgan fingerprint density at radius 3 is 2.57 bits per heavy atom. The third-order valence-corrected chi connectivity index (χ3v) is 5.65. The highest BCUT2D eigenvalue weighted by atomic mass is 19.1. The summed E-state index contributed by atoms with van der Waals surface area (Å²) in [4.78, 5) is 0. The SMILES string of the molecule is COc1cc(CNCC2CC(c3cc(C)cc(C)c3)c3ccccc3O2)ccc1F. The standard InChI is InChI=1S/C26H28FNO2/c1-17-10-18(2)12-20(11-17)23-14-21(30-25-7-5-4-6-22(23)25)16-28-15-19-8-9-24(27)26(13-19)29-3/h4-13,21,23,28H,14-16H2,1-3H3. The molecule has 2 atom stereocenters. The molecule has 0 saturated carbocycles. The van der Waals surface area contributed by atoms with Gasteiger partial charge in [0.05, 0.1) is 7.11 Å². The van der Waals surface area contributed by atoms with Crippen molar-refractivity contribution >= 4 is 0 Å². The van der Waals surface area contributed by atoms with Crippen LogP contribution in [0.15, 0.2) is 60.7 Å². The molecule has 0 aliphatic carbocycles. The lowest BCUT2D eigenvalue weighted by Gasteiger charge is -2.33. The molecule has 1 heterocycles. The maximum atomic E-state index is 13.6. The molecular weight excluding hydrogens is 377 g/mol. The molecule has 2 unspecified atom stereocenters. The summed E-state index contributed by atoms with van der Waals surface area (Å²) in [6.07, 6.45) is 0.979. The Bertz CT molecular complexity index is 1010. The number of hydrogen-bond donors (Lipinski definition) is 1. The van der Waals surface area contributed by atoms with E-state index in [0.29, 0.717) is 12.5 Å². The van der Waals surface area contributed by atoms with E-state index >= 15 is 0 Å². The van der Waals surface area contributed by atoms with Crippen molar-refractivity contribution in [2.45, 2.75) is 38.8 Å². The van der Waals surface area contributed by atoms with Gasteiger partial charge in [-0.3, -0.25) is 0 Å². The third-order valence-electron chi connectivity index (χ3n) is 5.65. The topological polar surface area (TPSA) is 30.5 Å². The fraction of sp³-hybridized carbons (Fsp3) is 0.308. The molecule has 4 rings (SSSR count). The van der Waals surface area contributed by atoms with Crippen molar-refractivity contribution in [3.63, 3.8) is 0 Å². The van der Waals surface area contributed by atoms with Gasteiger partial charge in [-0.15, -0.1) is 0 Å². The van der Waals surface area contributed by atoms with Gasteiger partial charge in [-0.05, 0) is 49.6 Å².